The van der Waals surface area contributed by atoms with Crippen molar-refractivity contribution < 1.29 is 4.42 Å². The van der Waals surface area contributed by atoms with Crippen LogP contribution in [0, 0.1) is 0 Å². The van der Waals surface area contributed by atoms with Crippen LogP contribution in [0.2, 0.25) is 0 Å². The van der Waals surface area contributed by atoms with Gasteiger partial charge >= 0.3 is 0 Å². The van der Waals surface area contributed by atoms with E-state index in [0.29, 0.717) is 0 Å². The minimum absolute atomic E-state index is 0.882. The van der Waals surface area contributed by atoms with Gasteiger partial charge in [0.15, 0.2) is 0 Å². The number of benzene rings is 9. The Bertz CT molecular complexity index is 3800. The maximum absolute atomic E-state index is 6.76. The second kappa shape index (κ2) is 12.7. The number of hydrogen-bond acceptors (Lipinski definition) is 4. The Balaban J connectivity index is 1.15. The fourth-order valence-electron chi connectivity index (χ4n) is 9.41. The van der Waals surface area contributed by atoms with Crippen LogP contribution in [0.15, 0.2) is 199 Å². The van der Waals surface area contributed by atoms with E-state index in [0.717, 1.165) is 55.7 Å². The standard InChI is InChI=1S/C54H32N2OS2/c1-3-13-34(14-4-1)55(37-24-27-41-39-18-9-12-22-49(39)59-51(41)31-37)36-25-28-44-43(30-36)53-45(56(44)35-15-5-2-6-16-35)32-47-54(42-19-7-10-20-46(42)57-47)52(53)33-23-26-40-38-17-8-11-21-48(38)58-50(40)29-33/h1-32H. The molecule has 4 heterocycles. The number of furan rings is 1. The monoisotopic (exact) mass is 788 g/mol. The highest BCUT2D eigenvalue weighted by atomic mass is 32.1. The van der Waals surface area contributed by atoms with Crippen molar-refractivity contribution in [3.63, 3.8) is 0 Å². The molecule has 4 aromatic heterocycles. The van der Waals surface area contributed by atoms with Gasteiger partial charge in [-0.2, -0.15) is 0 Å². The van der Waals surface area contributed by atoms with Crippen LogP contribution in [0.3, 0.4) is 0 Å². The van der Waals surface area contributed by atoms with Crippen molar-refractivity contribution in [1.82, 2.24) is 4.57 Å². The summed E-state index contributed by atoms with van der Waals surface area (Å²) in [4.78, 5) is 2.41. The van der Waals surface area contributed by atoms with E-state index in [2.05, 4.69) is 204 Å². The number of rotatable bonds is 5. The summed E-state index contributed by atoms with van der Waals surface area (Å²) in [5.74, 6) is 0. The molecule has 0 fully saturated rings. The van der Waals surface area contributed by atoms with E-state index < -0.39 is 0 Å². The fraction of sp³-hybridized carbons (Fsp3) is 0. The van der Waals surface area contributed by atoms with E-state index in [1.165, 1.54) is 62.2 Å². The Kier molecular flexibility index (Phi) is 7.05. The van der Waals surface area contributed by atoms with Crippen molar-refractivity contribution in [1.29, 1.82) is 0 Å². The summed E-state index contributed by atoms with van der Waals surface area (Å²) in [6, 6.07) is 70.7. The summed E-state index contributed by atoms with van der Waals surface area (Å²) >= 11 is 3.72. The molecule has 13 aromatic rings. The SMILES string of the molecule is c1ccc(N(c2ccc3c(c2)sc2ccccc23)c2ccc3c(c2)c2c(-c4ccc5c(c4)sc4ccccc45)c4c(cc2n3-c2ccccc2)oc2ccccc24)cc1. The molecular weight excluding hydrogens is 757 g/mol. The zero-order valence-electron chi connectivity index (χ0n) is 31.6. The van der Waals surface area contributed by atoms with Gasteiger partial charge in [0.1, 0.15) is 11.2 Å². The molecule has 0 atom stereocenters. The molecule has 13 rings (SSSR count). The van der Waals surface area contributed by atoms with Crippen LogP contribution in [0.5, 0.6) is 0 Å². The fourth-order valence-corrected chi connectivity index (χ4v) is 11.7. The van der Waals surface area contributed by atoms with Gasteiger partial charge in [-0.05, 0) is 84.4 Å². The summed E-state index contributed by atoms with van der Waals surface area (Å²) in [6.45, 7) is 0. The van der Waals surface area contributed by atoms with Gasteiger partial charge < -0.3 is 13.9 Å². The highest BCUT2D eigenvalue weighted by Gasteiger charge is 2.25. The molecule has 0 aliphatic heterocycles. The summed E-state index contributed by atoms with van der Waals surface area (Å²) in [6.07, 6.45) is 0. The molecule has 59 heavy (non-hydrogen) atoms. The third-order valence-corrected chi connectivity index (χ3v) is 14.2. The minimum atomic E-state index is 0.882. The first-order valence-corrected chi connectivity index (χ1v) is 21.5. The van der Waals surface area contributed by atoms with Crippen LogP contribution in [-0.2, 0) is 0 Å². The van der Waals surface area contributed by atoms with Gasteiger partial charge in [0.25, 0.3) is 0 Å². The summed E-state index contributed by atoms with van der Waals surface area (Å²) in [5.41, 5.74) is 10.8. The maximum Gasteiger partial charge on any atom is 0.138 e. The first-order valence-electron chi connectivity index (χ1n) is 19.9. The van der Waals surface area contributed by atoms with Crippen molar-refractivity contribution in [2.45, 2.75) is 0 Å². The zero-order valence-corrected chi connectivity index (χ0v) is 33.2. The smallest absolute Gasteiger partial charge is 0.138 e. The van der Waals surface area contributed by atoms with E-state index in [4.69, 9.17) is 4.42 Å². The Morgan fingerprint density at radius 1 is 0.373 bits per heavy atom. The summed E-state index contributed by atoms with van der Waals surface area (Å²) in [7, 11) is 0. The molecule has 3 nitrogen and oxygen atoms in total. The molecule has 0 N–H and O–H groups in total. The number of nitrogens with zero attached hydrogens (tertiary/aromatic N) is 2. The predicted octanol–water partition coefficient (Wildman–Crippen LogP) is 16.6. The molecule has 0 aliphatic carbocycles. The molecule has 0 aliphatic rings. The van der Waals surface area contributed by atoms with Gasteiger partial charge in [-0.25, -0.2) is 0 Å². The zero-order chi connectivity index (χ0) is 38.6. The molecule has 0 saturated carbocycles. The number of anilines is 3. The summed E-state index contributed by atoms with van der Waals surface area (Å²) < 4.78 is 14.3. The third-order valence-electron chi connectivity index (χ3n) is 12.0. The molecule has 0 spiro atoms. The largest absolute Gasteiger partial charge is 0.456 e. The quantitative estimate of drug-likeness (QED) is 0.173. The number of fused-ring (bicyclic) bond motifs is 12. The Labute approximate surface area is 346 Å². The van der Waals surface area contributed by atoms with Crippen LogP contribution in [0.25, 0.3) is 101 Å². The molecule has 0 bridgehead atoms. The van der Waals surface area contributed by atoms with Crippen molar-refractivity contribution in [3.05, 3.63) is 194 Å². The average Bonchev–Trinajstić information content (AvgIpc) is 4.04. The first-order chi connectivity index (χ1) is 29.2. The Morgan fingerprint density at radius 3 is 1.73 bits per heavy atom. The van der Waals surface area contributed by atoms with E-state index in [-0.39, 0.29) is 0 Å². The van der Waals surface area contributed by atoms with Crippen molar-refractivity contribution in [3.8, 4) is 16.8 Å². The van der Waals surface area contributed by atoms with Gasteiger partial charge in [-0.15, -0.1) is 22.7 Å². The van der Waals surface area contributed by atoms with E-state index in [1.54, 1.807) is 0 Å². The van der Waals surface area contributed by atoms with Crippen LogP contribution in [0.4, 0.5) is 17.1 Å². The van der Waals surface area contributed by atoms with E-state index in [9.17, 15) is 0 Å². The minimum Gasteiger partial charge on any atom is -0.456 e. The van der Waals surface area contributed by atoms with Gasteiger partial charge in [-0.1, -0.05) is 109 Å². The van der Waals surface area contributed by atoms with E-state index >= 15 is 0 Å². The molecule has 5 heteroatoms. The molecule has 0 unspecified atom stereocenters. The van der Waals surface area contributed by atoms with Crippen LogP contribution >= 0.6 is 22.7 Å². The molecule has 0 amide bonds. The topological polar surface area (TPSA) is 21.3 Å². The van der Waals surface area contributed by atoms with Crippen molar-refractivity contribution in [2.75, 3.05) is 4.90 Å². The van der Waals surface area contributed by atoms with Crippen molar-refractivity contribution in [2.24, 2.45) is 0 Å². The second-order valence-corrected chi connectivity index (χ2v) is 17.4. The normalized spacial score (nSPS) is 12.1. The molecule has 0 saturated heterocycles. The van der Waals surface area contributed by atoms with Crippen LogP contribution < -0.4 is 4.90 Å². The van der Waals surface area contributed by atoms with Gasteiger partial charge in [0, 0.05) is 96.3 Å². The Hall–Kier alpha value is -7.18. The van der Waals surface area contributed by atoms with Gasteiger partial charge in [0.05, 0.1) is 11.0 Å². The summed E-state index contributed by atoms with van der Waals surface area (Å²) in [5, 5.41) is 9.84. The number of thiophene rings is 2. The lowest BCUT2D eigenvalue weighted by atomic mass is 9.93. The second-order valence-electron chi connectivity index (χ2n) is 15.2. The predicted molar refractivity (Wildman–Crippen MR) is 254 cm³/mol. The lowest BCUT2D eigenvalue weighted by molar-refractivity contribution is 0.669. The number of aromatic nitrogens is 1. The van der Waals surface area contributed by atoms with Crippen LogP contribution in [-0.4, -0.2) is 4.57 Å². The lowest BCUT2D eigenvalue weighted by Gasteiger charge is -2.26. The van der Waals surface area contributed by atoms with Gasteiger partial charge in [0.2, 0.25) is 0 Å². The van der Waals surface area contributed by atoms with E-state index in [1.807, 2.05) is 22.7 Å². The number of hydrogen-bond donors (Lipinski definition) is 0. The number of para-hydroxylation sites is 3. The molecule has 9 aromatic carbocycles. The van der Waals surface area contributed by atoms with Crippen LogP contribution in [0.1, 0.15) is 0 Å². The highest BCUT2D eigenvalue weighted by Crippen LogP contribution is 2.49. The average molecular weight is 789 g/mol. The Morgan fingerprint density at radius 2 is 0.966 bits per heavy atom. The van der Waals surface area contributed by atoms with Gasteiger partial charge in [-0.3, -0.25) is 0 Å². The molecule has 276 valence electrons. The first kappa shape index (κ1) is 32.9. The maximum atomic E-state index is 6.76. The third kappa shape index (κ3) is 4.93. The molecule has 0 radical (unpaired) electrons. The lowest BCUT2D eigenvalue weighted by Crippen LogP contribution is -2.09. The molecular formula is C54H32N2OS2. The highest BCUT2D eigenvalue weighted by molar-refractivity contribution is 7.26. The van der Waals surface area contributed by atoms with Crippen molar-refractivity contribution >= 4 is 124 Å².